The summed E-state index contributed by atoms with van der Waals surface area (Å²) in [7, 11) is 1.82. The maximum absolute atomic E-state index is 5.97. The summed E-state index contributed by atoms with van der Waals surface area (Å²) in [5.74, 6) is 0.940. The van der Waals surface area contributed by atoms with Gasteiger partial charge in [0, 0.05) is 50.7 Å². The zero-order valence-electron chi connectivity index (χ0n) is 13.0. The van der Waals surface area contributed by atoms with Crippen LogP contribution in [-0.4, -0.2) is 54.1 Å². The largest absolute Gasteiger partial charge is 0.364 e. The van der Waals surface area contributed by atoms with Crippen LogP contribution in [0, 0.1) is 0 Å². The summed E-state index contributed by atoms with van der Waals surface area (Å²) in [5, 5.41) is 7.38. The molecule has 1 saturated heterocycles. The fourth-order valence-electron chi connectivity index (χ4n) is 2.61. The summed E-state index contributed by atoms with van der Waals surface area (Å²) in [6.07, 6.45) is 1.62. The molecule has 0 unspecified atom stereocenters. The molecule has 0 aromatic carbocycles. The lowest BCUT2D eigenvalue weighted by molar-refractivity contribution is 0.169. The van der Waals surface area contributed by atoms with E-state index in [-0.39, 0.29) is 0 Å². The summed E-state index contributed by atoms with van der Waals surface area (Å²) in [6.45, 7) is 5.45. The number of hydrogen-bond acceptors (Lipinski definition) is 5. The molecule has 0 radical (unpaired) electrons. The molecule has 2 aromatic rings. The Balaban J connectivity index is 1.47. The molecule has 1 aliphatic heterocycles. The fourth-order valence-corrected chi connectivity index (χ4v) is 3.64. The van der Waals surface area contributed by atoms with Crippen LogP contribution in [-0.2, 0) is 13.1 Å². The number of aromatic nitrogens is 1. The molecule has 1 N–H and O–H groups in total. The van der Waals surface area contributed by atoms with E-state index < -0.39 is 0 Å². The van der Waals surface area contributed by atoms with Crippen molar-refractivity contribution in [2.45, 2.75) is 13.1 Å². The Hall–Kier alpha value is -1.57. The van der Waals surface area contributed by atoms with E-state index in [9.17, 15) is 0 Å². The number of nitrogens with zero attached hydrogens (tertiary/aromatic N) is 4. The number of piperazine rings is 1. The highest BCUT2D eigenvalue weighted by molar-refractivity contribution is 7.16. The lowest BCUT2D eigenvalue weighted by atomic mass is 10.3. The third kappa shape index (κ3) is 4.46. The molecule has 0 spiro atoms. The third-order valence-corrected chi connectivity index (χ3v) is 5.04. The molecule has 0 aliphatic carbocycles. The second kappa shape index (κ2) is 7.81. The van der Waals surface area contributed by atoms with E-state index in [1.807, 2.05) is 25.2 Å². The van der Waals surface area contributed by atoms with Gasteiger partial charge in [0.2, 0.25) is 0 Å². The summed E-state index contributed by atoms with van der Waals surface area (Å²) in [4.78, 5) is 10.3. The first-order chi connectivity index (χ1) is 11.2. The molecule has 23 heavy (non-hydrogen) atoms. The molecular weight excluding hydrogens is 334 g/mol. The number of guanidine groups is 1. The van der Waals surface area contributed by atoms with Gasteiger partial charge in [-0.15, -0.1) is 11.3 Å². The number of aliphatic imine (C=N–C) groups is 1. The molecular formula is C15H20ClN5OS. The van der Waals surface area contributed by atoms with Crippen LogP contribution in [0.4, 0.5) is 0 Å². The van der Waals surface area contributed by atoms with E-state index in [0.717, 1.165) is 55.3 Å². The molecule has 0 bridgehead atoms. The summed E-state index contributed by atoms with van der Waals surface area (Å²) in [6, 6.07) is 5.89. The quantitative estimate of drug-likeness (QED) is 0.675. The first-order valence-electron chi connectivity index (χ1n) is 7.56. The first kappa shape index (κ1) is 16.3. The summed E-state index contributed by atoms with van der Waals surface area (Å²) >= 11 is 7.56. The Kier molecular flexibility index (Phi) is 5.53. The molecule has 8 heteroatoms. The van der Waals surface area contributed by atoms with E-state index in [0.29, 0.717) is 0 Å². The van der Waals surface area contributed by atoms with E-state index >= 15 is 0 Å². The lowest BCUT2D eigenvalue weighted by Gasteiger charge is -2.36. The molecule has 3 heterocycles. The van der Waals surface area contributed by atoms with Gasteiger partial charge in [-0.3, -0.25) is 9.89 Å². The number of thiophene rings is 1. The van der Waals surface area contributed by atoms with E-state index in [4.69, 9.17) is 16.1 Å². The van der Waals surface area contributed by atoms with Gasteiger partial charge >= 0.3 is 0 Å². The number of nitrogens with one attached hydrogen (secondary N) is 1. The third-order valence-electron chi connectivity index (χ3n) is 3.81. The van der Waals surface area contributed by atoms with Crippen LogP contribution in [0.15, 0.2) is 34.0 Å². The molecule has 124 valence electrons. The molecule has 1 fully saturated rings. The van der Waals surface area contributed by atoms with Crippen LogP contribution >= 0.6 is 22.9 Å². The minimum Gasteiger partial charge on any atom is -0.364 e. The molecule has 1 aliphatic rings. The molecule has 2 aromatic heterocycles. The van der Waals surface area contributed by atoms with Crippen LogP contribution in [0.5, 0.6) is 0 Å². The van der Waals surface area contributed by atoms with Crippen molar-refractivity contribution in [3.05, 3.63) is 39.4 Å². The average molecular weight is 354 g/mol. The Morgan fingerprint density at radius 3 is 2.78 bits per heavy atom. The van der Waals surface area contributed by atoms with Gasteiger partial charge < -0.3 is 14.7 Å². The van der Waals surface area contributed by atoms with Crippen LogP contribution in [0.1, 0.15) is 10.6 Å². The summed E-state index contributed by atoms with van der Waals surface area (Å²) < 4.78 is 5.70. The second-order valence-electron chi connectivity index (χ2n) is 5.36. The van der Waals surface area contributed by atoms with Crippen molar-refractivity contribution in [2.75, 3.05) is 33.2 Å². The normalized spacial score (nSPS) is 16.8. The standard InChI is InChI=1S/C15H20ClN5OS/c1-17-15(18-10-13-2-3-14(16)23-13)21-7-5-20(6-8-21)11-12-4-9-22-19-12/h2-4,9H,5-8,10-11H2,1H3,(H,17,18). The second-order valence-corrected chi connectivity index (χ2v) is 7.16. The van der Waals surface area contributed by atoms with Crippen LogP contribution in [0.2, 0.25) is 4.34 Å². The van der Waals surface area contributed by atoms with Crippen molar-refractivity contribution in [1.29, 1.82) is 0 Å². The van der Waals surface area contributed by atoms with Gasteiger partial charge in [0.05, 0.1) is 16.6 Å². The predicted molar refractivity (Wildman–Crippen MR) is 92.9 cm³/mol. The van der Waals surface area contributed by atoms with Gasteiger partial charge in [-0.25, -0.2) is 0 Å². The fraction of sp³-hybridized carbons (Fsp3) is 0.467. The highest BCUT2D eigenvalue weighted by atomic mass is 35.5. The van der Waals surface area contributed by atoms with Gasteiger partial charge in [-0.1, -0.05) is 16.8 Å². The topological polar surface area (TPSA) is 56.9 Å². The number of rotatable bonds is 4. The molecule has 0 atom stereocenters. The Labute approximate surface area is 144 Å². The van der Waals surface area contributed by atoms with Gasteiger partial charge in [0.1, 0.15) is 6.26 Å². The summed E-state index contributed by atoms with van der Waals surface area (Å²) in [5.41, 5.74) is 0.982. The van der Waals surface area contributed by atoms with Gasteiger partial charge in [-0.05, 0) is 12.1 Å². The van der Waals surface area contributed by atoms with Crippen LogP contribution < -0.4 is 5.32 Å². The van der Waals surface area contributed by atoms with E-state index in [1.54, 1.807) is 17.6 Å². The average Bonchev–Trinajstić information content (AvgIpc) is 3.21. The Morgan fingerprint density at radius 2 is 2.17 bits per heavy atom. The lowest BCUT2D eigenvalue weighted by Crippen LogP contribution is -2.52. The SMILES string of the molecule is CN=C(NCc1ccc(Cl)s1)N1CCN(Cc2ccon2)CC1. The van der Waals surface area contributed by atoms with Gasteiger partial charge in [0.15, 0.2) is 5.96 Å². The monoisotopic (exact) mass is 353 g/mol. The highest BCUT2D eigenvalue weighted by Gasteiger charge is 2.20. The van der Waals surface area contributed by atoms with Crippen molar-refractivity contribution in [3.8, 4) is 0 Å². The first-order valence-corrected chi connectivity index (χ1v) is 8.75. The van der Waals surface area contributed by atoms with E-state index in [1.165, 1.54) is 4.88 Å². The Bertz CT molecular complexity index is 634. The van der Waals surface area contributed by atoms with Crippen LogP contribution in [0.3, 0.4) is 0 Å². The molecule has 6 nitrogen and oxygen atoms in total. The van der Waals surface area contributed by atoms with Crippen molar-refractivity contribution in [2.24, 2.45) is 4.99 Å². The maximum Gasteiger partial charge on any atom is 0.194 e. The smallest absolute Gasteiger partial charge is 0.194 e. The van der Waals surface area contributed by atoms with Crippen molar-refractivity contribution in [3.63, 3.8) is 0 Å². The zero-order valence-corrected chi connectivity index (χ0v) is 14.6. The van der Waals surface area contributed by atoms with Crippen LogP contribution in [0.25, 0.3) is 0 Å². The number of halogens is 1. The minimum absolute atomic E-state index is 0.753. The number of hydrogen-bond donors (Lipinski definition) is 1. The zero-order chi connectivity index (χ0) is 16.1. The minimum atomic E-state index is 0.753. The van der Waals surface area contributed by atoms with E-state index in [2.05, 4.69) is 25.3 Å². The van der Waals surface area contributed by atoms with Crippen molar-refractivity contribution in [1.82, 2.24) is 20.3 Å². The Morgan fingerprint density at radius 1 is 1.35 bits per heavy atom. The maximum atomic E-state index is 5.97. The molecule has 0 amide bonds. The van der Waals surface area contributed by atoms with Crippen molar-refractivity contribution < 1.29 is 4.52 Å². The molecule has 0 saturated carbocycles. The predicted octanol–water partition coefficient (Wildman–Crippen LogP) is 2.28. The van der Waals surface area contributed by atoms with Gasteiger partial charge in [-0.2, -0.15) is 0 Å². The molecule has 3 rings (SSSR count). The highest BCUT2D eigenvalue weighted by Crippen LogP contribution is 2.21. The van der Waals surface area contributed by atoms with Crippen molar-refractivity contribution >= 4 is 28.9 Å². The van der Waals surface area contributed by atoms with Gasteiger partial charge in [0.25, 0.3) is 0 Å².